The van der Waals surface area contributed by atoms with Crippen LogP contribution < -0.4 is 10.6 Å². The number of rotatable bonds is 4. The fraction of sp³-hybridized carbons (Fsp3) is 0.533. The van der Waals surface area contributed by atoms with Gasteiger partial charge in [0.1, 0.15) is 0 Å². The Morgan fingerprint density at radius 1 is 1.50 bits per heavy atom. The maximum atomic E-state index is 12.1. The van der Waals surface area contributed by atoms with Gasteiger partial charge in [0.05, 0.1) is 12.6 Å². The Morgan fingerprint density at radius 3 is 2.85 bits per heavy atom. The molecule has 1 amide bonds. The fourth-order valence-corrected chi connectivity index (χ4v) is 2.55. The number of amides is 1. The summed E-state index contributed by atoms with van der Waals surface area (Å²) in [7, 11) is 0. The van der Waals surface area contributed by atoms with Gasteiger partial charge in [0.2, 0.25) is 5.91 Å². The molecule has 1 aromatic rings. The minimum absolute atomic E-state index is 0.00186. The Hall–Kier alpha value is -1.10. The Labute approximate surface area is 125 Å². The molecule has 1 aliphatic rings. The molecule has 110 valence electrons. The van der Waals surface area contributed by atoms with Crippen LogP contribution in [0.3, 0.4) is 0 Å². The molecule has 1 aromatic carbocycles. The predicted octanol–water partition coefficient (Wildman–Crippen LogP) is 1.81. The largest absolute Gasteiger partial charge is 0.348 e. The van der Waals surface area contributed by atoms with Crippen LogP contribution >= 0.6 is 11.6 Å². The number of piperazine rings is 1. The number of halogens is 1. The summed E-state index contributed by atoms with van der Waals surface area (Å²) in [5, 5.41) is 7.07. The van der Waals surface area contributed by atoms with Gasteiger partial charge in [-0.15, -0.1) is 0 Å². The molecule has 5 heteroatoms. The molecule has 1 heterocycles. The number of carbonyl (C=O) groups excluding carboxylic acids is 1. The first kappa shape index (κ1) is 15.3. The number of benzene rings is 1. The minimum atomic E-state index is -0.00186. The van der Waals surface area contributed by atoms with Crippen LogP contribution in [0.2, 0.25) is 5.02 Å². The highest BCUT2D eigenvalue weighted by Gasteiger charge is 2.20. The van der Waals surface area contributed by atoms with E-state index in [9.17, 15) is 4.79 Å². The van der Waals surface area contributed by atoms with E-state index in [1.807, 2.05) is 31.2 Å². The van der Waals surface area contributed by atoms with Crippen molar-refractivity contribution in [2.75, 3.05) is 26.2 Å². The third-order valence-corrected chi connectivity index (χ3v) is 3.99. The molecule has 1 fully saturated rings. The summed E-state index contributed by atoms with van der Waals surface area (Å²) < 4.78 is 0. The summed E-state index contributed by atoms with van der Waals surface area (Å²) in [6.07, 6.45) is 0. The number of nitrogens with zero attached hydrogens (tertiary/aromatic N) is 1. The lowest BCUT2D eigenvalue weighted by Crippen LogP contribution is -2.52. The first-order valence-electron chi connectivity index (χ1n) is 7.06. The van der Waals surface area contributed by atoms with Crippen LogP contribution in [-0.2, 0) is 4.79 Å². The Bertz CT molecular complexity index is 449. The normalized spacial score (nSPS) is 21.4. The standard InChI is InChI=1S/C15H22ClN3O/c1-11-9-17-7-8-19(11)10-15(20)18-12(2)13-3-5-14(16)6-4-13/h3-6,11-12,17H,7-10H2,1-2H3,(H,18,20)/t11-,12?/m0/s1. The zero-order valence-electron chi connectivity index (χ0n) is 12.0. The van der Waals surface area contributed by atoms with Crippen LogP contribution in [0, 0.1) is 0 Å². The van der Waals surface area contributed by atoms with Gasteiger partial charge in [-0.1, -0.05) is 23.7 Å². The molecule has 1 saturated heterocycles. The smallest absolute Gasteiger partial charge is 0.234 e. The summed E-state index contributed by atoms with van der Waals surface area (Å²) >= 11 is 5.87. The quantitative estimate of drug-likeness (QED) is 0.890. The molecular formula is C15H22ClN3O. The van der Waals surface area contributed by atoms with Gasteiger partial charge in [-0.25, -0.2) is 0 Å². The summed E-state index contributed by atoms with van der Waals surface area (Å²) in [5.41, 5.74) is 1.07. The average molecular weight is 296 g/mol. The van der Waals surface area contributed by atoms with Crippen LogP contribution in [0.15, 0.2) is 24.3 Å². The molecular weight excluding hydrogens is 274 g/mol. The van der Waals surface area contributed by atoms with Crippen molar-refractivity contribution in [3.05, 3.63) is 34.9 Å². The first-order valence-corrected chi connectivity index (χ1v) is 7.43. The molecule has 1 aliphatic heterocycles. The Kier molecular flexibility index (Phi) is 5.40. The van der Waals surface area contributed by atoms with Crippen molar-refractivity contribution in [3.8, 4) is 0 Å². The van der Waals surface area contributed by atoms with E-state index in [1.54, 1.807) is 0 Å². The summed E-state index contributed by atoms with van der Waals surface area (Å²) in [6, 6.07) is 7.98. The Balaban J connectivity index is 1.85. The van der Waals surface area contributed by atoms with Gasteiger partial charge in [-0.3, -0.25) is 9.69 Å². The van der Waals surface area contributed by atoms with Crippen molar-refractivity contribution in [2.45, 2.75) is 25.9 Å². The maximum Gasteiger partial charge on any atom is 0.234 e. The molecule has 2 atom stereocenters. The van der Waals surface area contributed by atoms with Gasteiger partial charge >= 0.3 is 0 Å². The van der Waals surface area contributed by atoms with Crippen molar-refractivity contribution in [1.82, 2.24) is 15.5 Å². The van der Waals surface area contributed by atoms with Gasteiger partial charge in [-0.2, -0.15) is 0 Å². The van der Waals surface area contributed by atoms with Crippen molar-refractivity contribution in [1.29, 1.82) is 0 Å². The molecule has 0 bridgehead atoms. The van der Waals surface area contributed by atoms with Gasteiger partial charge < -0.3 is 10.6 Å². The fourth-order valence-electron chi connectivity index (χ4n) is 2.42. The highest BCUT2D eigenvalue weighted by molar-refractivity contribution is 6.30. The zero-order valence-corrected chi connectivity index (χ0v) is 12.8. The number of hydrogen-bond donors (Lipinski definition) is 2. The molecule has 4 nitrogen and oxygen atoms in total. The monoisotopic (exact) mass is 295 g/mol. The van der Waals surface area contributed by atoms with Crippen LogP contribution in [0.4, 0.5) is 0 Å². The van der Waals surface area contributed by atoms with Crippen molar-refractivity contribution < 1.29 is 4.79 Å². The topological polar surface area (TPSA) is 44.4 Å². The predicted molar refractivity (Wildman–Crippen MR) is 81.9 cm³/mol. The zero-order chi connectivity index (χ0) is 14.5. The van der Waals surface area contributed by atoms with Gasteiger partial charge in [0.25, 0.3) is 0 Å². The van der Waals surface area contributed by atoms with E-state index in [4.69, 9.17) is 11.6 Å². The first-order chi connectivity index (χ1) is 9.56. The molecule has 0 saturated carbocycles. The van der Waals surface area contributed by atoms with Gasteiger partial charge in [-0.05, 0) is 31.5 Å². The lowest BCUT2D eigenvalue weighted by molar-refractivity contribution is -0.123. The second kappa shape index (κ2) is 7.07. The molecule has 2 N–H and O–H groups in total. The molecule has 0 radical (unpaired) electrons. The van der Waals surface area contributed by atoms with E-state index >= 15 is 0 Å². The highest BCUT2D eigenvalue weighted by atomic mass is 35.5. The van der Waals surface area contributed by atoms with Gasteiger partial charge in [0, 0.05) is 30.7 Å². The Morgan fingerprint density at radius 2 is 2.20 bits per heavy atom. The molecule has 0 aromatic heterocycles. The maximum absolute atomic E-state index is 12.1. The van der Waals surface area contributed by atoms with Crippen molar-refractivity contribution in [2.24, 2.45) is 0 Å². The second-order valence-electron chi connectivity index (χ2n) is 5.36. The number of nitrogens with one attached hydrogen (secondary N) is 2. The lowest BCUT2D eigenvalue weighted by atomic mass is 10.1. The third-order valence-electron chi connectivity index (χ3n) is 3.73. The van der Waals surface area contributed by atoms with Crippen molar-refractivity contribution in [3.63, 3.8) is 0 Å². The minimum Gasteiger partial charge on any atom is -0.348 e. The molecule has 0 aliphatic carbocycles. The van der Waals surface area contributed by atoms with Crippen LogP contribution in [-0.4, -0.2) is 43.0 Å². The number of hydrogen-bond acceptors (Lipinski definition) is 3. The van der Waals surface area contributed by atoms with E-state index in [1.165, 1.54) is 0 Å². The van der Waals surface area contributed by atoms with Crippen LogP contribution in [0.1, 0.15) is 25.5 Å². The van der Waals surface area contributed by atoms with Crippen molar-refractivity contribution >= 4 is 17.5 Å². The van der Waals surface area contributed by atoms with E-state index in [0.717, 1.165) is 25.2 Å². The molecule has 2 rings (SSSR count). The lowest BCUT2D eigenvalue weighted by Gasteiger charge is -2.33. The molecule has 0 spiro atoms. The summed E-state index contributed by atoms with van der Waals surface area (Å²) in [6.45, 7) is 7.40. The summed E-state index contributed by atoms with van der Waals surface area (Å²) in [5.74, 6) is 0.0706. The number of carbonyl (C=O) groups is 1. The summed E-state index contributed by atoms with van der Waals surface area (Å²) in [4.78, 5) is 14.3. The van der Waals surface area contributed by atoms with Crippen LogP contribution in [0.25, 0.3) is 0 Å². The van der Waals surface area contributed by atoms with Gasteiger partial charge in [0.15, 0.2) is 0 Å². The third kappa shape index (κ3) is 4.20. The van der Waals surface area contributed by atoms with E-state index < -0.39 is 0 Å². The SMILES string of the molecule is CC(NC(=O)CN1CCNC[C@@H]1C)c1ccc(Cl)cc1. The van der Waals surface area contributed by atoms with E-state index in [0.29, 0.717) is 17.6 Å². The molecule has 1 unspecified atom stereocenters. The molecule has 20 heavy (non-hydrogen) atoms. The average Bonchev–Trinajstić information content (AvgIpc) is 2.42. The van der Waals surface area contributed by atoms with E-state index in [-0.39, 0.29) is 11.9 Å². The van der Waals surface area contributed by atoms with Crippen LogP contribution in [0.5, 0.6) is 0 Å². The second-order valence-corrected chi connectivity index (χ2v) is 5.80. The highest BCUT2D eigenvalue weighted by Crippen LogP contribution is 2.16. The van der Waals surface area contributed by atoms with E-state index in [2.05, 4.69) is 22.5 Å².